The van der Waals surface area contributed by atoms with E-state index in [4.69, 9.17) is 45.8 Å². The zero-order valence-electron chi connectivity index (χ0n) is 42.8. The number of ether oxygens (including phenoxy) is 6. The second-order valence-corrected chi connectivity index (χ2v) is 17.7. The Hall–Kier alpha value is -9.53. The number of aromatic nitrogens is 4. The molecule has 2 heterocycles. The van der Waals surface area contributed by atoms with Crippen LogP contribution in [0.3, 0.4) is 0 Å². The van der Waals surface area contributed by atoms with Crippen molar-refractivity contribution >= 4 is 62.2 Å². The van der Waals surface area contributed by atoms with Gasteiger partial charge in [-0.2, -0.15) is 0 Å². The molecule has 77 heavy (non-hydrogen) atoms. The third-order valence-electron chi connectivity index (χ3n) is 11.8. The van der Waals surface area contributed by atoms with Crippen molar-refractivity contribution < 1.29 is 38.0 Å². The standard InChI is InChI=1S/C31H27N3O4.C21H19NO2.C10H9ClN2O2/c1-36-29-18-27-28(19-30(29)37-2)32-20-33-31(27)34-23-11-13-25(14-12-23)38-26-10-6-9-22(17-26)16-24(35)15-21-7-4-3-5-8-21;22-18-9-11-20(12-10-18)24-21-8-4-7-17(15-21)14-19(23)13-16-5-2-1-3-6-16;1-14-8-3-6-7(4-9(8)15-2)12-5-13-10(6)11/h3-14,17-20H,15-16H2,1-2H3,(H,32,33,34);1-12,15H,13-14,22H2;3-5H,1-2H3. The maximum atomic E-state index is 12.5. The lowest BCUT2D eigenvalue weighted by atomic mass is 10.0. The van der Waals surface area contributed by atoms with Crippen molar-refractivity contribution in [2.24, 2.45) is 0 Å². The van der Waals surface area contributed by atoms with Crippen LogP contribution in [-0.2, 0) is 35.3 Å². The van der Waals surface area contributed by atoms with Crippen LogP contribution >= 0.6 is 11.6 Å². The van der Waals surface area contributed by atoms with E-state index in [0.29, 0.717) is 82.6 Å². The first-order valence-electron chi connectivity index (χ1n) is 24.3. The van der Waals surface area contributed by atoms with Gasteiger partial charge in [0.15, 0.2) is 23.0 Å². The maximum absolute atomic E-state index is 12.5. The highest BCUT2D eigenvalue weighted by molar-refractivity contribution is 6.34. The fraction of sp³-hybridized carbons (Fsp3) is 0.129. The van der Waals surface area contributed by atoms with E-state index in [1.807, 2.05) is 158 Å². The molecule has 0 aliphatic carbocycles. The highest BCUT2D eigenvalue weighted by atomic mass is 35.5. The van der Waals surface area contributed by atoms with Crippen molar-refractivity contribution in [3.05, 3.63) is 222 Å². The van der Waals surface area contributed by atoms with Crippen molar-refractivity contribution in [1.82, 2.24) is 19.9 Å². The van der Waals surface area contributed by atoms with Gasteiger partial charge >= 0.3 is 0 Å². The number of nitrogens with zero attached hydrogens (tertiary/aromatic N) is 4. The summed E-state index contributed by atoms with van der Waals surface area (Å²) in [7, 11) is 6.33. The Morgan fingerprint density at radius 3 is 1.35 bits per heavy atom. The number of halogens is 1. The predicted octanol–water partition coefficient (Wildman–Crippen LogP) is 13.3. The average Bonchev–Trinajstić information content (AvgIpc) is 3.45. The molecule has 10 rings (SSSR count). The molecule has 0 aliphatic heterocycles. The molecule has 3 N–H and O–H groups in total. The van der Waals surface area contributed by atoms with Crippen LogP contribution in [0.5, 0.6) is 46.0 Å². The van der Waals surface area contributed by atoms with Crippen molar-refractivity contribution in [2.75, 3.05) is 39.5 Å². The minimum absolute atomic E-state index is 0.164. The molecule has 0 fully saturated rings. The summed E-state index contributed by atoms with van der Waals surface area (Å²) < 4.78 is 33.0. The summed E-state index contributed by atoms with van der Waals surface area (Å²) in [6, 6.07) is 56.8. The number of nitrogens with two attached hydrogens (primary N) is 1. The van der Waals surface area contributed by atoms with Crippen LogP contribution in [-0.4, -0.2) is 59.9 Å². The lowest BCUT2D eigenvalue weighted by Crippen LogP contribution is -2.06. The lowest BCUT2D eigenvalue weighted by molar-refractivity contribution is -0.118. The minimum atomic E-state index is 0.164. The number of ketones is 2. The molecule has 0 aliphatic rings. The van der Waals surface area contributed by atoms with Crippen LogP contribution in [0, 0.1) is 0 Å². The van der Waals surface area contributed by atoms with E-state index < -0.39 is 0 Å². The summed E-state index contributed by atoms with van der Waals surface area (Å²) in [5, 5.41) is 5.30. The summed E-state index contributed by atoms with van der Waals surface area (Å²) in [5.41, 5.74) is 12.6. The van der Waals surface area contributed by atoms with Gasteiger partial charge in [0.2, 0.25) is 0 Å². The maximum Gasteiger partial charge on any atom is 0.162 e. The number of fused-ring (bicyclic) bond motifs is 2. The van der Waals surface area contributed by atoms with Crippen molar-refractivity contribution in [1.29, 1.82) is 0 Å². The first-order chi connectivity index (χ1) is 37.6. The molecule has 15 heteroatoms. The van der Waals surface area contributed by atoms with Gasteiger partial charge in [0, 0.05) is 60.0 Å². The summed E-state index contributed by atoms with van der Waals surface area (Å²) in [4.78, 5) is 41.5. The summed E-state index contributed by atoms with van der Waals surface area (Å²) in [6.45, 7) is 0. The van der Waals surface area contributed by atoms with Crippen LogP contribution in [0.15, 0.2) is 195 Å². The Morgan fingerprint density at radius 2 is 0.857 bits per heavy atom. The molecular formula is C62H55ClN6O8. The number of benzene rings is 8. The summed E-state index contributed by atoms with van der Waals surface area (Å²) in [6.07, 6.45) is 4.54. The normalized spacial score (nSPS) is 10.5. The molecule has 0 amide bonds. The Kier molecular flexibility index (Phi) is 18.6. The molecule has 8 aromatic carbocycles. The topological polar surface area (TPSA) is 179 Å². The van der Waals surface area contributed by atoms with Gasteiger partial charge in [0.1, 0.15) is 58.2 Å². The van der Waals surface area contributed by atoms with E-state index in [-0.39, 0.29) is 11.6 Å². The molecule has 14 nitrogen and oxygen atoms in total. The number of methoxy groups -OCH3 is 4. The van der Waals surface area contributed by atoms with E-state index in [2.05, 4.69) is 25.3 Å². The smallest absolute Gasteiger partial charge is 0.162 e. The zero-order chi connectivity index (χ0) is 53.9. The van der Waals surface area contributed by atoms with E-state index in [1.165, 1.54) is 12.7 Å². The molecule has 0 unspecified atom stereocenters. The Morgan fingerprint density at radius 1 is 0.442 bits per heavy atom. The Bertz CT molecular complexity index is 3570. The highest BCUT2D eigenvalue weighted by Gasteiger charge is 2.13. The summed E-state index contributed by atoms with van der Waals surface area (Å²) >= 11 is 5.93. The minimum Gasteiger partial charge on any atom is -0.493 e. The van der Waals surface area contributed by atoms with Gasteiger partial charge in [-0.15, -0.1) is 0 Å². The van der Waals surface area contributed by atoms with Crippen LogP contribution in [0.2, 0.25) is 5.15 Å². The third-order valence-corrected chi connectivity index (χ3v) is 12.1. The van der Waals surface area contributed by atoms with E-state index in [0.717, 1.165) is 55.5 Å². The summed E-state index contributed by atoms with van der Waals surface area (Å²) in [5.74, 6) is 6.24. The SMILES string of the molecule is COc1cc2ncnc(Cl)c2cc1OC.COc1cc2ncnc(Nc3ccc(Oc4cccc(CC(=O)Cc5ccccc5)c4)cc3)c2cc1OC.Nc1ccc(Oc2cccc(CC(=O)Cc3ccccc3)c2)cc1. The van der Waals surface area contributed by atoms with Crippen molar-refractivity contribution in [3.63, 3.8) is 0 Å². The van der Waals surface area contributed by atoms with E-state index >= 15 is 0 Å². The molecule has 0 radical (unpaired) electrons. The van der Waals surface area contributed by atoms with Gasteiger partial charge < -0.3 is 39.5 Å². The second-order valence-electron chi connectivity index (χ2n) is 17.3. The molecule has 0 saturated heterocycles. The number of carbonyl (C=O) groups is 2. The number of hydrogen-bond donors (Lipinski definition) is 2. The van der Waals surface area contributed by atoms with Gasteiger partial charge in [0.25, 0.3) is 0 Å². The van der Waals surface area contributed by atoms with Gasteiger partial charge in [0.05, 0.1) is 39.5 Å². The first-order valence-corrected chi connectivity index (χ1v) is 24.7. The quantitative estimate of drug-likeness (QED) is 0.0612. The second kappa shape index (κ2) is 26.6. The van der Waals surface area contributed by atoms with Gasteiger partial charge in [-0.05, 0) is 107 Å². The molecule has 2 aromatic heterocycles. The van der Waals surface area contributed by atoms with E-state index in [1.54, 1.807) is 52.7 Å². The van der Waals surface area contributed by atoms with E-state index in [9.17, 15) is 9.59 Å². The number of anilines is 3. The fourth-order valence-corrected chi connectivity index (χ4v) is 8.25. The number of nitrogen functional groups attached to an aromatic ring is 1. The number of rotatable bonds is 18. The zero-order valence-corrected chi connectivity index (χ0v) is 43.6. The highest BCUT2D eigenvalue weighted by Crippen LogP contribution is 2.36. The van der Waals surface area contributed by atoms with Crippen LogP contribution in [0.4, 0.5) is 17.2 Å². The molecule has 0 bridgehead atoms. The first kappa shape index (κ1) is 53.8. The van der Waals surface area contributed by atoms with Crippen LogP contribution in [0.1, 0.15) is 22.3 Å². The number of Topliss-reactive ketones (excluding diaryl/α,β-unsaturated/α-hetero) is 2. The molecule has 388 valence electrons. The van der Waals surface area contributed by atoms with Gasteiger partial charge in [-0.1, -0.05) is 96.5 Å². The Balaban J connectivity index is 0.000000170. The number of nitrogens with one attached hydrogen (secondary N) is 1. The third kappa shape index (κ3) is 15.3. The number of hydrogen-bond acceptors (Lipinski definition) is 14. The molecule has 0 spiro atoms. The molecule has 0 saturated carbocycles. The van der Waals surface area contributed by atoms with Crippen molar-refractivity contribution in [2.45, 2.75) is 25.7 Å². The fourth-order valence-electron chi connectivity index (χ4n) is 8.05. The average molecular weight is 1050 g/mol. The van der Waals surface area contributed by atoms with Crippen LogP contribution in [0.25, 0.3) is 21.8 Å². The molecule has 0 atom stereocenters. The Labute approximate surface area is 451 Å². The van der Waals surface area contributed by atoms with Gasteiger partial charge in [-0.3, -0.25) is 9.59 Å². The largest absolute Gasteiger partial charge is 0.493 e. The predicted molar refractivity (Wildman–Crippen MR) is 302 cm³/mol. The van der Waals surface area contributed by atoms with Crippen LogP contribution < -0.4 is 39.5 Å². The van der Waals surface area contributed by atoms with Gasteiger partial charge in [-0.25, -0.2) is 19.9 Å². The lowest BCUT2D eigenvalue weighted by Gasteiger charge is -2.12. The van der Waals surface area contributed by atoms with Crippen molar-refractivity contribution in [3.8, 4) is 46.0 Å². The molecule has 10 aromatic rings. The molecular weight excluding hydrogens is 992 g/mol. The number of carbonyl (C=O) groups excluding carboxylic acids is 2. The monoisotopic (exact) mass is 1050 g/mol.